The van der Waals surface area contributed by atoms with Gasteiger partial charge in [0, 0.05) is 12.6 Å². The number of aryl methyl sites for hydroxylation is 1. The Morgan fingerprint density at radius 2 is 2.15 bits per heavy atom. The number of hydrogen-bond acceptors (Lipinski definition) is 3. The van der Waals surface area contributed by atoms with E-state index in [0.717, 1.165) is 45.3 Å². The molecule has 26 heavy (non-hydrogen) atoms. The number of carbonyl (C=O) groups is 1. The van der Waals surface area contributed by atoms with Gasteiger partial charge in [0.15, 0.2) is 0 Å². The number of allylic oxidation sites excluding steroid dienone is 1. The molecule has 3 unspecified atom stereocenters. The van der Waals surface area contributed by atoms with Gasteiger partial charge in [0.25, 0.3) is 0 Å². The predicted octanol–water partition coefficient (Wildman–Crippen LogP) is 4.38. The molecule has 1 saturated carbocycles. The largest absolute Gasteiger partial charge is 0.453 e. The normalized spacial score (nSPS) is 25.2. The van der Waals surface area contributed by atoms with Crippen molar-refractivity contribution in [3.63, 3.8) is 0 Å². The molecule has 2 aliphatic carbocycles. The van der Waals surface area contributed by atoms with Crippen molar-refractivity contribution in [2.24, 2.45) is 5.92 Å². The van der Waals surface area contributed by atoms with Crippen LogP contribution < -0.4 is 5.32 Å². The molecular weight excluding hydrogens is 326 g/mol. The third-order valence-electron chi connectivity index (χ3n) is 5.73. The van der Waals surface area contributed by atoms with Gasteiger partial charge in [-0.15, -0.1) is 0 Å². The number of rotatable bonds is 6. The second kappa shape index (κ2) is 9.22. The summed E-state index contributed by atoms with van der Waals surface area (Å²) in [7, 11) is 1.42. The topological polar surface area (TPSA) is 47.6 Å². The van der Waals surface area contributed by atoms with Crippen molar-refractivity contribution in [3.8, 4) is 0 Å². The molecule has 1 aromatic carbocycles. The lowest BCUT2D eigenvalue weighted by Crippen LogP contribution is -2.32. The lowest BCUT2D eigenvalue weighted by Gasteiger charge is -2.24. The van der Waals surface area contributed by atoms with Crippen LogP contribution in [-0.4, -0.2) is 32.5 Å². The molecule has 1 fully saturated rings. The van der Waals surface area contributed by atoms with Gasteiger partial charge >= 0.3 is 6.09 Å². The Bertz CT molecular complexity index is 640. The first-order valence-electron chi connectivity index (χ1n) is 9.90. The van der Waals surface area contributed by atoms with Crippen molar-refractivity contribution in [2.75, 3.05) is 20.3 Å². The molecule has 4 heteroatoms. The molecule has 4 nitrogen and oxygen atoms in total. The SMILES string of the molecule is CCOC/C=C\C1CCc2cc(C3CCC(NC(=O)OC)C3)ccc2C1. The lowest BCUT2D eigenvalue weighted by molar-refractivity contribution is 0.166. The second-order valence-electron chi connectivity index (χ2n) is 7.46. The fourth-order valence-corrected chi connectivity index (χ4v) is 4.30. The highest BCUT2D eigenvalue weighted by Gasteiger charge is 2.28. The smallest absolute Gasteiger partial charge is 0.407 e. The van der Waals surface area contributed by atoms with Gasteiger partial charge in [0.2, 0.25) is 0 Å². The van der Waals surface area contributed by atoms with Gasteiger partial charge < -0.3 is 14.8 Å². The zero-order valence-electron chi connectivity index (χ0n) is 16.0. The van der Waals surface area contributed by atoms with E-state index >= 15 is 0 Å². The van der Waals surface area contributed by atoms with Crippen molar-refractivity contribution in [1.82, 2.24) is 5.32 Å². The van der Waals surface area contributed by atoms with Gasteiger partial charge in [0.1, 0.15) is 0 Å². The number of fused-ring (bicyclic) bond motifs is 1. The first kappa shape index (κ1) is 19.0. The van der Waals surface area contributed by atoms with Gasteiger partial charge in [-0.1, -0.05) is 30.4 Å². The van der Waals surface area contributed by atoms with Crippen LogP contribution in [-0.2, 0) is 22.3 Å². The van der Waals surface area contributed by atoms with Crippen LogP contribution in [0.3, 0.4) is 0 Å². The number of alkyl carbamates (subject to hydrolysis) is 1. The summed E-state index contributed by atoms with van der Waals surface area (Å²) >= 11 is 0. The van der Waals surface area contributed by atoms with Gasteiger partial charge in [-0.25, -0.2) is 4.79 Å². The molecule has 3 rings (SSSR count). The molecule has 1 N–H and O–H groups in total. The number of ether oxygens (including phenoxy) is 2. The predicted molar refractivity (Wildman–Crippen MR) is 104 cm³/mol. The number of amides is 1. The highest BCUT2D eigenvalue weighted by Crippen LogP contribution is 2.37. The third-order valence-corrected chi connectivity index (χ3v) is 5.73. The first-order chi connectivity index (χ1) is 12.7. The molecular formula is C22H31NO3. The quantitative estimate of drug-likeness (QED) is 0.607. The van der Waals surface area contributed by atoms with E-state index in [-0.39, 0.29) is 12.1 Å². The number of carbonyl (C=O) groups excluding carboxylic acids is 1. The van der Waals surface area contributed by atoms with Crippen molar-refractivity contribution >= 4 is 6.09 Å². The van der Waals surface area contributed by atoms with Crippen LogP contribution in [0.2, 0.25) is 0 Å². The zero-order chi connectivity index (χ0) is 18.4. The summed E-state index contributed by atoms with van der Waals surface area (Å²) in [6.07, 6.45) is 10.9. The highest BCUT2D eigenvalue weighted by atomic mass is 16.5. The minimum Gasteiger partial charge on any atom is -0.453 e. The molecule has 0 saturated heterocycles. The molecule has 0 spiro atoms. The van der Waals surface area contributed by atoms with E-state index in [9.17, 15) is 4.79 Å². The molecule has 1 amide bonds. The summed E-state index contributed by atoms with van der Waals surface area (Å²) in [5, 5.41) is 2.95. The molecule has 0 bridgehead atoms. The molecule has 0 aliphatic heterocycles. The number of methoxy groups -OCH3 is 1. The van der Waals surface area contributed by atoms with E-state index in [4.69, 9.17) is 9.47 Å². The van der Waals surface area contributed by atoms with Gasteiger partial charge in [-0.05, 0) is 74.0 Å². The molecule has 0 heterocycles. The van der Waals surface area contributed by atoms with Crippen molar-refractivity contribution in [1.29, 1.82) is 0 Å². The maximum atomic E-state index is 11.4. The summed E-state index contributed by atoms with van der Waals surface area (Å²) in [5.74, 6) is 1.18. The Hall–Kier alpha value is -1.81. The van der Waals surface area contributed by atoms with E-state index in [1.165, 1.54) is 30.2 Å². The van der Waals surface area contributed by atoms with Crippen LogP contribution in [0.4, 0.5) is 4.79 Å². The van der Waals surface area contributed by atoms with E-state index in [1.807, 2.05) is 6.92 Å². The molecule has 2 aliphatic rings. The Balaban J connectivity index is 1.57. The van der Waals surface area contributed by atoms with E-state index in [2.05, 4.69) is 35.7 Å². The Kier molecular flexibility index (Phi) is 6.73. The third kappa shape index (κ3) is 4.88. The Labute approximate surface area is 157 Å². The zero-order valence-corrected chi connectivity index (χ0v) is 16.0. The van der Waals surface area contributed by atoms with Gasteiger partial charge in [-0.2, -0.15) is 0 Å². The highest BCUT2D eigenvalue weighted by molar-refractivity contribution is 5.67. The van der Waals surface area contributed by atoms with Gasteiger partial charge in [-0.3, -0.25) is 0 Å². The fraction of sp³-hybridized carbons (Fsp3) is 0.591. The fourth-order valence-electron chi connectivity index (χ4n) is 4.30. The maximum absolute atomic E-state index is 11.4. The van der Waals surface area contributed by atoms with Crippen LogP contribution in [0.1, 0.15) is 55.2 Å². The minimum atomic E-state index is -0.315. The molecule has 142 valence electrons. The van der Waals surface area contributed by atoms with Gasteiger partial charge in [0.05, 0.1) is 13.7 Å². The van der Waals surface area contributed by atoms with Crippen molar-refractivity contribution < 1.29 is 14.3 Å². The van der Waals surface area contributed by atoms with E-state index < -0.39 is 0 Å². The summed E-state index contributed by atoms with van der Waals surface area (Å²) < 4.78 is 10.1. The molecule has 1 aromatic rings. The molecule has 3 atom stereocenters. The van der Waals surface area contributed by atoms with Crippen molar-refractivity contribution in [2.45, 2.75) is 57.4 Å². The average molecular weight is 357 g/mol. The maximum Gasteiger partial charge on any atom is 0.407 e. The monoisotopic (exact) mass is 357 g/mol. The minimum absolute atomic E-state index is 0.239. The molecule has 0 radical (unpaired) electrons. The lowest BCUT2D eigenvalue weighted by atomic mass is 9.81. The number of benzene rings is 1. The Morgan fingerprint density at radius 1 is 1.27 bits per heavy atom. The van der Waals surface area contributed by atoms with Crippen LogP contribution in [0.5, 0.6) is 0 Å². The molecule has 0 aromatic heterocycles. The summed E-state index contributed by atoms with van der Waals surface area (Å²) in [5.41, 5.74) is 4.44. The van der Waals surface area contributed by atoms with E-state index in [0.29, 0.717) is 11.8 Å². The first-order valence-corrected chi connectivity index (χ1v) is 9.90. The number of nitrogens with one attached hydrogen (secondary N) is 1. The van der Waals surface area contributed by atoms with Crippen LogP contribution in [0, 0.1) is 5.92 Å². The van der Waals surface area contributed by atoms with Crippen molar-refractivity contribution in [3.05, 3.63) is 47.0 Å². The Morgan fingerprint density at radius 3 is 2.96 bits per heavy atom. The summed E-state index contributed by atoms with van der Waals surface area (Å²) in [6.45, 7) is 3.53. The summed E-state index contributed by atoms with van der Waals surface area (Å²) in [6, 6.07) is 7.29. The van der Waals surface area contributed by atoms with Crippen LogP contribution in [0.15, 0.2) is 30.4 Å². The standard InChI is InChI=1S/C22H31NO3/c1-3-26-12-4-5-16-6-7-18-14-19(9-8-17(18)13-16)20-10-11-21(15-20)23-22(24)25-2/h4-5,8-9,14,16,20-21H,3,6-7,10-13,15H2,1-2H3,(H,23,24)/b5-4-. The van der Waals surface area contributed by atoms with E-state index in [1.54, 1.807) is 0 Å². The second-order valence-corrected chi connectivity index (χ2v) is 7.46. The van der Waals surface area contributed by atoms with Crippen LogP contribution in [0.25, 0.3) is 0 Å². The number of hydrogen-bond donors (Lipinski definition) is 1. The average Bonchev–Trinajstić information content (AvgIpc) is 3.13. The summed E-state index contributed by atoms with van der Waals surface area (Å²) in [4.78, 5) is 11.4. The van der Waals surface area contributed by atoms with Crippen LogP contribution >= 0.6 is 0 Å².